The number of rotatable bonds is 7. The molecule has 2 aromatic carbocycles. The van der Waals surface area contributed by atoms with Crippen LogP contribution in [0.15, 0.2) is 66.9 Å². The number of hydrogen-bond donors (Lipinski definition) is 0. The highest BCUT2D eigenvalue weighted by Gasteiger charge is 2.12. The average molecular weight is 332 g/mol. The van der Waals surface area contributed by atoms with Crippen LogP contribution in [0.4, 0.5) is 0 Å². The molecule has 1 atom stereocenters. The summed E-state index contributed by atoms with van der Waals surface area (Å²) in [7, 11) is 0. The van der Waals surface area contributed by atoms with E-state index in [9.17, 15) is 0 Å². The number of nitrogens with zero attached hydrogens (tertiary/aromatic N) is 2. The van der Waals surface area contributed by atoms with Crippen molar-refractivity contribution in [3.05, 3.63) is 78.0 Å². The van der Waals surface area contributed by atoms with Crippen molar-refractivity contribution < 1.29 is 0 Å². The third kappa shape index (κ3) is 4.60. The summed E-state index contributed by atoms with van der Waals surface area (Å²) in [6.07, 6.45) is 5.53. The lowest BCUT2D eigenvalue weighted by atomic mass is 9.91. The van der Waals surface area contributed by atoms with Gasteiger partial charge in [0.1, 0.15) is 0 Å². The van der Waals surface area contributed by atoms with Crippen molar-refractivity contribution in [2.75, 3.05) is 0 Å². The van der Waals surface area contributed by atoms with Crippen molar-refractivity contribution in [2.45, 2.75) is 46.1 Å². The highest BCUT2D eigenvalue weighted by Crippen LogP contribution is 2.26. The minimum Gasteiger partial charge on any atom is -0.270 e. The van der Waals surface area contributed by atoms with Crippen LogP contribution in [0.1, 0.15) is 44.4 Å². The van der Waals surface area contributed by atoms with Gasteiger partial charge in [-0.1, -0.05) is 61.5 Å². The molecule has 0 radical (unpaired) electrons. The van der Waals surface area contributed by atoms with E-state index in [1.54, 1.807) is 0 Å². The van der Waals surface area contributed by atoms with Crippen molar-refractivity contribution >= 4 is 0 Å². The molecule has 1 unspecified atom stereocenters. The summed E-state index contributed by atoms with van der Waals surface area (Å²) in [6.45, 7) is 6.68. The molecule has 0 bridgehead atoms. The first kappa shape index (κ1) is 17.5. The van der Waals surface area contributed by atoms with E-state index in [-0.39, 0.29) is 0 Å². The lowest BCUT2D eigenvalue weighted by Crippen LogP contribution is -2.04. The molecule has 0 fully saturated rings. The van der Waals surface area contributed by atoms with Gasteiger partial charge in [0.15, 0.2) is 0 Å². The lowest BCUT2D eigenvalue weighted by molar-refractivity contribution is 0.529. The van der Waals surface area contributed by atoms with Crippen LogP contribution in [0.3, 0.4) is 0 Å². The predicted octanol–water partition coefficient (Wildman–Crippen LogP) is 5.94. The van der Waals surface area contributed by atoms with E-state index >= 15 is 0 Å². The molecule has 0 aliphatic rings. The highest BCUT2D eigenvalue weighted by molar-refractivity contribution is 5.63. The molecule has 25 heavy (non-hydrogen) atoms. The maximum atomic E-state index is 4.76. The summed E-state index contributed by atoms with van der Waals surface area (Å²) in [5.74, 6) is 0.647. The van der Waals surface area contributed by atoms with Crippen molar-refractivity contribution in [1.82, 2.24) is 9.78 Å². The zero-order chi connectivity index (χ0) is 17.6. The van der Waals surface area contributed by atoms with Crippen LogP contribution in [-0.2, 0) is 12.8 Å². The van der Waals surface area contributed by atoms with E-state index in [0.29, 0.717) is 12.0 Å². The quantitative estimate of drug-likeness (QED) is 0.523. The van der Waals surface area contributed by atoms with Gasteiger partial charge in [-0.15, -0.1) is 0 Å². The van der Waals surface area contributed by atoms with Crippen LogP contribution in [0.5, 0.6) is 0 Å². The van der Waals surface area contributed by atoms with Gasteiger partial charge in [0.2, 0.25) is 0 Å². The maximum absolute atomic E-state index is 4.76. The SMILES string of the molecule is CC(CCc1ccccc1)Cc1ccccc1-c1ccn(C(C)C)n1. The molecular formula is C23H28N2. The Labute approximate surface area is 151 Å². The van der Waals surface area contributed by atoms with E-state index in [1.807, 2.05) is 4.68 Å². The lowest BCUT2D eigenvalue weighted by Gasteiger charge is -2.14. The Morgan fingerprint density at radius 2 is 1.60 bits per heavy atom. The van der Waals surface area contributed by atoms with Gasteiger partial charge in [0, 0.05) is 17.8 Å². The minimum atomic E-state index is 0.394. The molecule has 1 heterocycles. The Morgan fingerprint density at radius 1 is 0.880 bits per heavy atom. The van der Waals surface area contributed by atoms with Gasteiger partial charge >= 0.3 is 0 Å². The average Bonchev–Trinajstić information content (AvgIpc) is 3.12. The van der Waals surface area contributed by atoms with Gasteiger partial charge in [-0.25, -0.2) is 0 Å². The summed E-state index contributed by atoms with van der Waals surface area (Å²) >= 11 is 0. The third-order valence-electron chi connectivity index (χ3n) is 4.77. The Morgan fingerprint density at radius 3 is 2.32 bits per heavy atom. The van der Waals surface area contributed by atoms with Crippen LogP contribution >= 0.6 is 0 Å². The fourth-order valence-electron chi connectivity index (χ4n) is 3.25. The van der Waals surface area contributed by atoms with Gasteiger partial charge < -0.3 is 0 Å². The monoisotopic (exact) mass is 332 g/mol. The van der Waals surface area contributed by atoms with Crippen LogP contribution in [0.25, 0.3) is 11.3 Å². The van der Waals surface area contributed by atoms with Crippen LogP contribution in [0, 0.1) is 5.92 Å². The largest absolute Gasteiger partial charge is 0.270 e. The molecule has 3 rings (SSSR count). The van der Waals surface area contributed by atoms with Gasteiger partial charge in [-0.2, -0.15) is 5.10 Å². The Hall–Kier alpha value is -2.35. The molecule has 0 saturated heterocycles. The maximum Gasteiger partial charge on any atom is 0.0926 e. The first-order valence-electron chi connectivity index (χ1n) is 9.31. The zero-order valence-corrected chi connectivity index (χ0v) is 15.5. The number of benzene rings is 2. The molecule has 0 N–H and O–H groups in total. The summed E-state index contributed by atoms with van der Waals surface area (Å²) in [5, 5.41) is 4.76. The van der Waals surface area contributed by atoms with Gasteiger partial charge in [-0.05, 0) is 56.2 Å². The van der Waals surface area contributed by atoms with E-state index in [0.717, 1.165) is 18.5 Å². The summed E-state index contributed by atoms with van der Waals surface area (Å²) in [5.41, 5.74) is 5.18. The van der Waals surface area contributed by atoms with E-state index in [4.69, 9.17) is 5.10 Å². The van der Waals surface area contributed by atoms with E-state index in [2.05, 4.69) is 87.6 Å². The van der Waals surface area contributed by atoms with Crippen LogP contribution in [0.2, 0.25) is 0 Å². The van der Waals surface area contributed by atoms with Crippen molar-refractivity contribution in [2.24, 2.45) is 5.92 Å². The second kappa shape index (κ2) is 8.15. The number of aromatic nitrogens is 2. The standard InChI is InChI=1S/C23H28N2/c1-18(2)25-16-15-23(24-25)22-12-8-7-11-21(22)17-19(3)13-14-20-9-5-4-6-10-20/h4-12,15-16,18-19H,13-14,17H2,1-3H3. The molecule has 2 nitrogen and oxygen atoms in total. The first-order chi connectivity index (χ1) is 12.1. The first-order valence-corrected chi connectivity index (χ1v) is 9.31. The van der Waals surface area contributed by atoms with Crippen LogP contribution < -0.4 is 0 Å². The minimum absolute atomic E-state index is 0.394. The molecule has 0 aliphatic carbocycles. The topological polar surface area (TPSA) is 17.8 Å². The molecule has 3 aromatic rings. The number of aryl methyl sites for hydroxylation is 1. The fraction of sp³-hybridized carbons (Fsp3) is 0.348. The molecule has 0 saturated carbocycles. The van der Waals surface area contributed by atoms with E-state index < -0.39 is 0 Å². The van der Waals surface area contributed by atoms with E-state index in [1.165, 1.54) is 23.1 Å². The number of hydrogen-bond acceptors (Lipinski definition) is 1. The molecule has 1 aromatic heterocycles. The Balaban J connectivity index is 1.70. The fourth-order valence-corrected chi connectivity index (χ4v) is 3.25. The van der Waals surface area contributed by atoms with Crippen LogP contribution in [-0.4, -0.2) is 9.78 Å². The second-order valence-electron chi connectivity index (χ2n) is 7.27. The third-order valence-corrected chi connectivity index (χ3v) is 4.77. The predicted molar refractivity (Wildman–Crippen MR) is 106 cm³/mol. The molecule has 130 valence electrons. The molecule has 0 aliphatic heterocycles. The van der Waals surface area contributed by atoms with Crippen molar-refractivity contribution in [3.8, 4) is 11.3 Å². The van der Waals surface area contributed by atoms with Gasteiger partial charge in [0.05, 0.1) is 5.69 Å². The highest BCUT2D eigenvalue weighted by atomic mass is 15.3. The van der Waals surface area contributed by atoms with Crippen molar-refractivity contribution in [1.29, 1.82) is 0 Å². The summed E-state index contributed by atoms with van der Waals surface area (Å²) < 4.78 is 2.03. The summed E-state index contributed by atoms with van der Waals surface area (Å²) in [6, 6.07) is 22.0. The Kier molecular flexibility index (Phi) is 5.70. The molecule has 0 amide bonds. The molecule has 2 heteroatoms. The zero-order valence-electron chi connectivity index (χ0n) is 15.5. The molecular weight excluding hydrogens is 304 g/mol. The smallest absolute Gasteiger partial charge is 0.0926 e. The second-order valence-corrected chi connectivity index (χ2v) is 7.27. The van der Waals surface area contributed by atoms with Gasteiger partial charge in [0.25, 0.3) is 0 Å². The Bertz CT molecular complexity index is 787. The van der Waals surface area contributed by atoms with Crippen molar-refractivity contribution in [3.63, 3.8) is 0 Å². The molecule has 0 spiro atoms. The normalized spacial score (nSPS) is 12.5. The van der Waals surface area contributed by atoms with Gasteiger partial charge in [-0.3, -0.25) is 4.68 Å². The summed E-state index contributed by atoms with van der Waals surface area (Å²) in [4.78, 5) is 0.